The summed E-state index contributed by atoms with van der Waals surface area (Å²) in [5.41, 5.74) is 0.415. The molecular formula is C14H23N3S. The van der Waals surface area contributed by atoms with Gasteiger partial charge in [0.1, 0.15) is 5.01 Å². The van der Waals surface area contributed by atoms with Crippen LogP contribution in [0, 0.1) is 6.92 Å². The summed E-state index contributed by atoms with van der Waals surface area (Å²) in [5, 5.41) is 5.08. The molecule has 1 saturated carbocycles. The summed E-state index contributed by atoms with van der Waals surface area (Å²) in [7, 11) is 0. The second-order valence-electron chi connectivity index (χ2n) is 5.99. The van der Waals surface area contributed by atoms with Gasteiger partial charge in [0.2, 0.25) is 0 Å². The van der Waals surface area contributed by atoms with Crippen molar-refractivity contribution in [2.24, 2.45) is 0 Å². The highest BCUT2D eigenvalue weighted by Crippen LogP contribution is 2.33. The first kappa shape index (κ1) is 12.6. The van der Waals surface area contributed by atoms with E-state index in [1.807, 2.05) is 17.5 Å². The Hall–Kier alpha value is -0.450. The molecule has 0 aromatic carbocycles. The molecule has 3 nitrogen and oxygen atoms in total. The molecule has 3 rings (SSSR count). The smallest absolute Gasteiger partial charge is 0.107 e. The lowest BCUT2D eigenvalue weighted by molar-refractivity contribution is 0.0826. The standard InChI is InChI=1S/C14H23N3S/c1-11-7-16-14(5-3-4-6-14)10-17(11)9-13-15-8-12(2)18-13/h8,11,16H,3-7,9-10H2,1-2H3. The van der Waals surface area contributed by atoms with Crippen LogP contribution < -0.4 is 5.32 Å². The number of hydrogen-bond acceptors (Lipinski definition) is 4. The van der Waals surface area contributed by atoms with E-state index in [0.29, 0.717) is 11.6 Å². The number of rotatable bonds is 2. The van der Waals surface area contributed by atoms with E-state index in [1.54, 1.807) is 0 Å². The van der Waals surface area contributed by atoms with Crippen LogP contribution in [-0.2, 0) is 6.54 Å². The van der Waals surface area contributed by atoms with Crippen molar-refractivity contribution in [2.45, 2.75) is 57.7 Å². The summed E-state index contributed by atoms with van der Waals surface area (Å²) < 4.78 is 0. The Labute approximate surface area is 114 Å². The average Bonchev–Trinajstić information content (AvgIpc) is 2.95. The first-order valence-corrected chi connectivity index (χ1v) is 7.89. The van der Waals surface area contributed by atoms with Crippen LogP contribution in [0.15, 0.2) is 6.20 Å². The van der Waals surface area contributed by atoms with Crippen LogP contribution in [0.3, 0.4) is 0 Å². The van der Waals surface area contributed by atoms with Crippen molar-refractivity contribution in [3.8, 4) is 0 Å². The van der Waals surface area contributed by atoms with E-state index in [2.05, 4.69) is 29.0 Å². The van der Waals surface area contributed by atoms with Gasteiger partial charge in [-0.2, -0.15) is 0 Å². The fourth-order valence-electron chi connectivity index (χ4n) is 3.34. The maximum Gasteiger partial charge on any atom is 0.107 e. The van der Waals surface area contributed by atoms with Gasteiger partial charge >= 0.3 is 0 Å². The minimum absolute atomic E-state index is 0.415. The Kier molecular flexibility index (Phi) is 3.43. The van der Waals surface area contributed by atoms with Gasteiger partial charge in [-0.1, -0.05) is 12.8 Å². The zero-order chi connectivity index (χ0) is 12.6. The van der Waals surface area contributed by atoms with Crippen LogP contribution in [0.2, 0.25) is 0 Å². The third kappa shape index (κ3) is 2.46. The number of thiazole rings is 1. The predicted octanol–water partition coefficient (Wildman–Crippen LogP) is 2.56. The number of aryl methyl sites for hydroxylation is 1. The zero-order valence-electron chi connectivity index (χ0n) is 11.4. The number of aromatic nitrogens is 1. The minimum atomic E-state index is 0.415. The maximum absolute atomic E-state index is 4.52. The van der Waals surface area contributed by atoms with E-state index in [0.717, 1.165) is 13.1 Å². The van der Waals surface area contributed by atoms with Crippen LogP contribution >= 0.6 is 11.3 Å². The molecule has 1 atom stereocenters. The van der Waals surface area contributed by atoms with E-state index in [4.69, 9.17) is 0 Å². The van der Waals surface area contributed by atoms with Gasteiger partial charge in [0.05, 0.1) is 6.54 Å². The Morgan fingerprint density at radius 3 is 2.94 bits per heavy atom. The van der Waals surface area contributed by atoms with Crippen molar-refractivity contribution < 1.29 is 0 Å². The molecule has 4 heteroatoms. The molecule has 1 spiro atoms. The molecule has 0 radical (unpaired) electrons. The summed E-state index contributed by atoms with van der Waals surface area (Å²) in [6.45, 7) is 7.83. The molecule has 0 bridgehead atoms. The lowest BCUT2D eigenvalue weighted by atomic mass is 9.92. The van der Waals surface area contributed by atoms with Gasteiger partial charge in [-0.15, -0.1) is 11.3 Å². The number of hydrogen-bond donors (Lipinski definition) is 1. The van der Waals surface area contributed by atoms with E-state index in [-0.39, 0.29) is 0 Å². The molecule has 2 heterocycles. The van der Waals surface area contributed by atoms with E-state index in [9.17, 15) is 0 Å². The van der Waals surface area contributed by atoms with Gasteiger partial charge < -0.3 is 5.32 Å². The third-order valence-corrected chi connectivity index (χ3v) is 5.37. The lowest BCUT2D eigenvalue weighted by Gasteiger charge is -2.45. The average molecular weight is 265 g/mol. The van der Waals surface area contributed by atoms with Gasteiger partial charge in [0.25, 0.3) is 0 Å². The molecule has 1 unspecified atom stereocenters. The second kappa shape index (κ2) is 4.91. The minimum Gasteiger partial charge on any atom is -0.308 e. The van der Waals surface area contributed by atoms with Crippen molar-refractivity contribution in [1.82, 2.24) is 15.2 Å². The molecule has 1 N–H and O–H groups in total. The largest absolute Gasteiger partial charge is 0.308 e. The Balaban J connectivity index is 1.69. The topological polar surface area (TPSA) is 28.2 Å². The fraction of sp³-hybridized carbons (Fsp3) is 0.786. The normalized spacial score (nSPS) is 28.0. The number of nitrogens with one attached hydrogen (secondary N) is 1. The Morgan fingerprint density at radius 1 is 1.50 bits per heavy atom. The highest BCUT2D eigenvalue weighted by molar-refractivity contribution is 7.11. The van der Waals surface area contributed by atoms with Crippen LogP contribution in [0.25, 0.3) is 0 Å². The summed E-state index contributed by atoms with van der Waals surface area (Å²) in [6, 6.07) is 0.625. The number of nitrogens with zero attached hydrogens (tertiary/aromatic N) is 2. The molecule has 1 aromatic rings. The van der Waals surface area contributed by atoms with Crippen molar-refractivity contribution >= 4 is 11.3 Å². The maximum atomic E-state index is 4.52. The highest BCUT2D eigenvalue weighted by atomic mass is 32.1. The monoisotopic (exact) mass is 265 g/mol. The van der Waals surface area contributed by atoms with Crippen LogP contribution in [0.4, 0.5) is 0 Å². The quantitative estimate of drug-likeness (QED) is 0.891. The molecule has 2 aliphatic rings. The predicted molar refractivity (Wildman–Crippen MR) is 75.9 cm³/mol. The van der Waals surface area contributed by atoms with E-state index in [1.165, 1.54) is 42.1 Å². The summed E-state index contributed by atoms with van der Waals surface area (Å²) in [4.78, 5) is 8.46. The van der Waals surface area contributed by atoms with Crippen LogP contribution in [0.1, 0.15) is 42.5 Å². The molecule has 100 valence electrons. The van der Waals surface area contributed by atoms with E-state index < -0.39 is 0 Å². The lowest BCUT2D eigenvalue weighted by Crippen LogP contribution is -2.61. The van der Waals surface area contributed by atoms with Gasteiger partial charge in [-0.05, 0) is 26.7 Å². The Bertz CT molecular complexity index is 409. The van der Waals surface area contributed by atoms with Crippen LogP contribution in [0.5, 0.6) is 0 Å². The molecule has 0 amide bonds. The number of piperazine rings is 1. The van der Waals surface area contributed by atoms with Crippen molar-refractivity contribution in [3.05, 3.63) is 16.1 Å². The first-order chi connectivity index (χ1) is 8.67. The van der Waals surface area contributed by atoms with Crippen molar-refractivity contribution in [3.63, 3.8) is 0 Å². The van der Waals surface area contributed by atoms with Gasteiger partial charge in [-0.3, -0.25) is 4.90 Å². The molecule has 1 aliphatic carbocycles. The van der Waals surface area contributed by atoms with Gasteiger partial charge in [-0.25, -0.2) is 4.98 Å². The van der Waals surface area contributed by atoms with Gasteiger partial charge in [0, 0.05) is 35.7 Å². The molecule has 1 aliphatic heterocycles. The highest BCUT2D eigenvalue weighted by Gasteiger charge is 2.39. The van der Waals surface area contributed by atoms with Gasteiger partial charge in [0.15, 0.2) is 0 Å². The Morgan fingerprint density at radius 2 is 2.28 bits per heavy atom. The second-order valence-corrected chi connectivity index (χ2v) is 7.31. The van der Waals surface area contributed by atoms with Crippen LogP contribution in [-0.4, -0.2) is 34.6 Å². The summed E-state index contributed by atoms with van der Waals surface area (Å²) >= 11 is 1.84. The molecule has 18 heavy (non-hydrogen) atoms. The SMILES string of the molecule is Cc1cnc(CN2CC3(CCCC3)NCC2C)s1. The molecule has 2 fully saturated rings. The van der Waals surface area contributed by atoms with Crippen molar-refractivity contribution in [1.29, 1.82) is 0 Å². The fourth-order valence-corrected chi connectivity index (χ4v) is 4.15. The molecule has 1 saturated heterocycles. The molecular weight excluding hydrogens is 242 g/mol. The third-order valence-electron chi connectivity index (χ3n) is 4.47. The molecule has 1 aromatic heterocycles. The summed E-state index contributed by atoms with van der Waals surface area (Å²) in [6.07, 6.45) is 7.50. The van der Waals surface area contributed by atoms with E-state index >= 15 is 0 Å². The summed E-state index contributed by atoms with van der Waals surface area (Å²) in [5.74, 6) is 0. The van der Waals surface area contributed by atoms with Crippen molar-refractivity contribution in [2.75, 3.05) is 13.1 Å². The first-order valence-electron chi connectivity index (χ1n) is 7.07. The zero-order valence-corrected chi connectivity index (χ0v) is 12.2.